The Morgan fingerprint density at radius 3 is 2.11 bits per heavy atom. The van der Waals surface area contributed by atoms with Crippen LogP contribution in [0.15, 0.2) is 0 Å². The predicted octanol–water partition coefficient (Wildman–Crippen LogP) is 1.96. The molecule has 1 amide bonds. The van der Waals surface area contributed by atoms with Crippen LogP contribution in [0.3, 0.4) is 0 Å². The van der Waals surface area contributed by atoms with Gasteiger partial charge in [0.15, 0.2) is 0 Å². The Morgan fingerprint density at radius 1 is 1.28 bits per heavy atom. The molecule has 0 radical (unpaired) electrons. The third kappa shape index (κ3) is 2.54. The van der Waals surface area contributed by atoms with Gasteiger partial charge in [0.2, 0.25) is 0 Å². The molecule has 1 heterocycles. The molecule has 1 atom stereocenters. The lowest BCUT2D eigenvalue weighted by Gasteiger charge is -2.25. The molecule has 18 heavy (non-hydrogen) atoms. The van der Waals surface area contributed by atoms with Gasteiger partial charge >= 0.3 is 12.1 Å². The summed E-state index contributed by atoms with van der Waals surface area (Å²) in [5.41, 5.74) is -3.08. The second-order valence-corrected chi connectivity index (χ2v) is 5.68. The Kier molecular flexibility index (Phi) is 3.31. The predicted molar refractivity (Wildman–Crippen MR) is 58.5 cm³/mol. The van der Waals surface area contributed by atoms with E-state index in [9.17, 15) is 18.4 Å². The Morgan fingerprint density at radius 2 is 1.78 bits per heavy atom. The maximum absolute atomic E-state index is 13.7. The second-order valence-electron chi connectivity index (χ2n) is 5.68. The average molecular weight is 265 g/mol. The maximum Gasteiger partial charge on any atom is 0.410 e. The van der Waals surface area contributed by atoms with Gasteiger partial charge in [-0.3, -0.25) is 4.79 Å². The molecule has 1 aliphatic heterocycles. The van der Waals surface area contributed by atoms with E-state index in [0.29, 0.717) is 0 Å². The van der Waals surface area contributed by atoms with Crippen molar-refractivity contribution in [3.05, 3.63) is 0 Å². The fraction of sp³-hybridized carbons (Fsp3) is 0.818. The van der Waals surface area contributed by atoms with Crippen molar-refractivity contribution in [2.24, 2.45) is 5.41 Å². The smallest absolute Gasteiger partial charge is 0.410 e. The number of carboxylic acid groups (broad SMARTS) is 1. The molecule has 1 rings (SSSR count). The SMILES string of the molecule is CC(C)(C)OC(=O)N1CC(F)(F)C(C)(C(=O)O)C1. The molecule has 1 saturated heterocycles. The molecule has 0 aliphatic carbocycles. The topological polar surface area (TPSA) is 66.8 Å². The number of likely N-dealkylation sites (tertiary alicyclic amines) is 1. The first kappa shape index (κ1) is 14.7. The number of nitrogens with zero attached hydrogens (tertiary/aromatic N) is 1. The summed E-state index contributed by atoms with van der Waals surface area (Å²) in [5, 5.41) is 8.88. The van der Waals surface area contributed by atoms with Gasteiger partial charge in [-0.25, -0.2) is 13.6 Å². The highest BCUT2D eigenvalue weighted by molar-refractivity contribution is 5.79. The van der Waals surface area contributed by atoms with Crippen molar-refractivity contribution >= 4 is 12.1 Å². The first-order chi connectivity index (χ1) is 7.89. The number of hydrogen-bond donors (Lipinski definition) is 1. The van der Waals surface area contributed by atoms with Crippen molar-refractivity contribution < 1.29 is 28.2 Å². The van der Waals surface area contributed by atoms with E-state index in [0.717, 1.165) is 11.8 Å². The average Bonchev–Trinajstić information content (AvgIpc) is 2.36. The molecule has 1 fully saturated rings. The first-order valence-electron chi connectivity index (χ1n) is 5.48. The van der Waals surface area contributed by atoms with Crippen LogP contribution in [0.25, 0.3) is 0 Å². The number of hydrogen-bond acceptors (Lipinski definition) is 3. The zero-order valence-electron chi connectivity index (χ0n) is 10.8. The molecule has 5 nitrogen and oxygen atoms in total. The Bertz CT molecular complexity index is 378. The monoisotopic (exact) mass is 265 g/mol. The van der Waals surface area contributed by atoms with Crippen molar-refractivity contribution in [2.75, 3.05) is 13.1 Å². The van der Waals surface area contributed by atoms with Gasteiger partial charge < -0.3 is 14.7 Å². The van der Waals surface area contributed by atoms with Crippen LogP contribution < -0.4 is 0 Å². The van der Waals surface area contributed by atoms with E-state index in [4.69, 9.17) is 9.84 Å². The van der Waals surface area contributed by atoms with Crippen LogP contribution in [0, 0.1) is 5.41 Å². The van der Waals surface area contributed by atoms with Gasteiger partial charge in [-0.1, -0.05) is 0 Å². The lowest BCUT2D eigenvalue weighted by Crippen LogP contribution is -2.44. The number of carbonyl (C=O) groups is 2. The van der Waals surface area contributed by atoms with Gasteiger partial charge in [0, 0.05) is 6.54 Å². The Balaban J connectivity index is 2.87. The van der Waals surface area contributed by atoms with Crippen molar-refractivity contribution in [3.63, 3.8) is 0 Å². The zero-order chi connectivity index (χ0) is 14.4. The summed E-state index contributed by atoms with van der Waals surface area (Å²) in [6.45, 7) is 4.25. The van der Waals surface area contributed by atoms with Gasteiger partial charge in [0.25, 0.3) is 5.92 Å². The molecule has 0 saturated carbocycles. The minimum Gasteiger partial charge on any atom is -0.481 e. The second kappa shape index (κ2) is 4.07. The number of aliphatic carboxylic acids is 1. The van der Waals surface area contributed by atoms with Crippen LogP contribution in [0.2, 0.25) is 0 Å². The normalized spacial score (nSPS) is 27.1. The Labute approximate surface area is 104 Å². The molecule has 0 aromatic carbocycles. The highest BCUT2D eigenvalue weighted by Crippen LogP contribution is 2.44. The maximum atomic E-state index is 13.7. The summed E-state index contributed by atoms with van der Waals surface area (Å²) < 4.78 is 32.3. The van der Waals surface area contributed by atoms with Crippen LogP contribution >= 0.6 is 0 Å². The largest absolute Gasteiger partial charge is 0.481 e. The number of halogens is 2. The highest BCUT2D eigenvalue weighted by Gasteiger charge is 2.63. The lowest BCUT2D eigenvalue weighted by molar-refractivity contribution is -0.165. The third-order valence-electron chi connectivity index (χ3n) is 2.83. The highest BCUT2D eigenvalue weighted by atomic mass is 19.3. The van der Waals surface area contributed by atoms with Crippen LogP contribution in [-0.2, 0) is 9.53 Å². The van der Waals surface area contributed by atoms with Crippen molar-refractivity contribution in [1.29, 1.82) is 0 Å². The van der Waals surface area contributed by atoms with Crippen LogP contribution in [0.1, 0.15) is 27.7 Å². The molecule has 0 aromatic rings. The van der Waals surface area contributed by atoms with Crippen molar-refractivity contribution in [2.45, 2.75) is 39.2 Å². The number of ether oxygens (including phenoxy) is 1. The molecule has 0 bridgehead atoms. The van der Waals surface area contributed by atoms with Crippen LogP contribution in [0.5, 0.6) is 0 Å². The molecule has 0 spiro atoms. The number of amides is 1. The molecule has 1 N–H and O–H groups in total. The van der Waals surface area contributed by atoms with Crippen LogP contribution in [0.4, 0.5) is 13.6 Å². The van der Waals surface area contributed by atoms with E-state index in [-0.39, 0.29) is 0 Å². The number of alkyl halides is 2. The summed E-state index contributed by atoms with van der Waals surface area (Å²) in [6.07, 6.45) is -0.924. The van der Waals surface area contributed by atoms with Gasteiger partial charge in [-0.2, -0.15) is 0 Å². The van der Waals surface area contributed by atoms with E-state index in [1.165, 1.54) is 0 Å². The van der Waals surface area contributed by atoms with Gasteiger partial charge in [0.05, 0.1) is 6.54 Å². The summed E-state index contributed by atoms with van der Waals surface area (Å²) in [7, 11) is 0. The Hall–Kier alpha value is -1.40. The molecular formula is C11H17F2NO4. The fourth-order valence-corrected chi connectivity index (χ4v) is 1.65. The number of rotatable bonds is 1. The molecular weight excluding hydrogens is 248 g/mol. The molecule has 1 unspecified atom stereocenters. The van der Waals surface area contributed by atoms with Gasteiger partial charge in [-0.05, 0) is 27.7 Å². The van der Waals surface area contributed by atoms with E-state index in [2.05, 4.69) is 0 Å². The minimum absolute atomic E-state index is 0.565. The molecule has 0 aromatic heterocycles. The van der Waals surface area contributed by atoms with Crippen molar-refractivity contribution in [1.82, 2.24) is 4.90 Å². The third-order valence-corrected chi connectivity index (χ3v) is 2.83. The number of carboxylic acids is 1. The van der Waals surface area contributed by atoms with E-state index < -0.39 is 42.1 Å². The van der Waals surface area contributed by atoms with Gasteiger partial charge in [-0.15, -0.1) is 0 Å². The van der Waals surface area contributed by atoms with Crippen molar-refractivity contribution in [3.8, 4) is 0 Å². The fourth-order valence-electron chi connectivity index (χ4n) is 1.65. The molecule has 7 heteroatoms. The number of carbonyl (C=O) groups excluding carboxylic acids is 1. The molecule has 1 aliphatic rings. The summed E-state index contributed by atoms with van der Waals surface area (Å²) in [6, 6.07) is 0. The molecule has 104 valence electrons. The van der Waals surface area contributed by atoms with Gasteiger partial charge in [0.1, 0.15) is 11.0 Å². The standard InChI is InChI=1S/C11H17F2NO4/c1-9(2,3)18-8(17)14-5-10(4,7(15)16)11(12,13)6-14/h5-6H2,1-4H3,(H,15,16). The van der Waals surface area contributed by atoms with E-state index >= 15 is 0 Å². The first-order valence-corrected chi connectivity index (χ1v) is 5.48. The van der Waals surface area contributed by atoms with E-state index in [1.54, 1.807) is 20.8 Å². The minimum atomic E-state index is -3.48. The quantitative estimate of drug-likeness (QED) is 0.787. The zero-order valence-corrected chi connectivity index (χ0v) is 10.8. The summed E-state index contributed by atoms with van der Waals surface area (Å²) in [5.74, 6) is -5.10. The summed E-state index contributed by atoms with van der Waals surface area (Å²) >= 11 is 0. The van der Waals surface area contributed by atoms with E-state index in [1.807, 2.05) is 0 Å². The van der Waals surface area contributed by atoms with Crippen LogP contribution in [-0.4, -0.2) is 46.7 Å². The summed E-state index contributed by atoms with van der Waals surface area (Å²) in [4.78, 5) is 23.3. The lowest BCUT2D eigenvalue weighted by atomic mass is 9.86.